The fourth-order valence-corrected chi connectivity index (χ4v) is 4.28. The lowest BCUT2D eigenvalue weighted by Crippen LogP contribution is -2.43. The minimum Gasteiger partial charge on any atom is -0.486 e. The van der Waals surface area contributed by atoms with E-state index in [1.165, 1.54) is 10.8 Å². The smallest absolute Gasteiger partial charge is 0.140 e. The Bertz CT molecular complexity index is 972. The van der Waals surface area contributed by atoms with Crippen LogP contribution in [0, 0.1) is 5.92 Å². The number of halogens is 2. The number of aromatic amines is 1. The van der Waals surface area contributed by atoms with Crippen LogP contribution in [0.25, 0.3) is 21.8 Å². The number of aromatic nitrogens is 1. The zero-order valence-electron chi connectivity index (χ0n) is 14.5. The molecule has 0 spiro atoms. The first-order valence-corrected chi connectivity index (χ1v) is 9.01. The number of nitrogens with one attached hydrogen (secondary N) is 1. The van der Waals surface area contributed by atoms with Gasteiger partial charge in [0, 0.05) is 28.9 Å². The van der Waals surface area contributed by atoms with Crippen molar-refractivity contribution in [2.75, 3.05) is 26.2 Å². The fourth-order valence-electron chi connectivity index (χ4n) is 4.28. The summed E-state index contributed by atoms with van der Waals surface area (Å²) in [4.78, 5) is 5.74. The summed E-state index contributed by atoms with van der Waals surface area (Å²) in [6.45, 7) is 3.03. The number of fused-ring (bicyclic) bond motifs is 6. The Balaban J connectivity index is 0.00000168. The normalized spacial score (nSPS) is 23.9. The van der Waals surface area contributed by atoms with Crippen LogP contribution in [0.15, 0.2) is 53.9 Å². The van der Waals surface area contributed by atoms with E-state index >= 15 is 0 Å². The zero-order chi connectivity index (χ0) is 16.8. The van der Waals surface area contributed by atoms with E-state index in [-0.39, 0.29) is 24.8 Å². The Hall–Kier alpha value is -2.04. The molecule has 1 N–H and O–H groups in total. The zero-order valence-corrected chi connectivity index (χ0v) is 15.3. The number of benzene rings is 2. The number of ether oxygens (including phenoxy) is 1. The maximum Gasteiger partial charge on any atom is 0.140 e. The van der Waals surface area contributed by atoms with E-state index in [9.17, 15) is 4.39 Å². The Morgan fingerprint density at radius 3 is 2.62 bits per heavy atom. The Labute approximate surface area is 158 Å². The van der Waals surface area contributed by atoms with Crippen molar-refractivity contribution in [2.45, 2.75) is 12.8 Å². The Morgan fingerprint density at radius 1 is 1.08 bits per heavy atom. The molecule has 0 unspecified atom stereocenters. The maximum atomic E-state index is 14.6. The van der Waals surface area contributed by atoms with Gasteiger partial charge in [-0.25, -0.2) is 4.39 Å². The number of hydrogen-bond acceptors (Lipinski definition) is 2. The summed E-state index contributed by atoms with van der Waals surface area (Å²) >= 11 is 0. The van der Waals surface area contributed by atoms with Crippen molar-refractivity contribution in [3.8, 4) is 5.75 Å². The number of rotatable bonds is 3. The van der Waals surface area contributed by atoms with Gasteiger partial charge in [-0.15, -0.1) is 12.4 Å². The fraction of sp³-hybridized carbons (Fsp3) is 0.333. The SMILES string of the molecule is Cl.FC(COc1ccc2c(c1)[nH]c1ccccc12)=C1CN2CCC1CC2. The quantitative estimate of drug-likeness (QED) is 0.695. The molecule has 0 amide bonds. The summed E-state index contributed by atoms with van der Waals surface area (Å²) in [5.74, 6) is 1.05. The molecule has 3 aromatic rings. The molecule has 0 radical (unpaired) electrons. The molecule has 4 heterocycles. The average Bonchev–Trinajstić information content (AvgIpc) is 3.04. The van der Waals surface area contributed by atoms with Crippen molar-refractivity contribution in [1.29, 1.82) is 0 Å². The van der Waals surface area contributed by atoms with E-state index < -0.39 is 0 Å². The van der Waals surface area contributed by atoms with Crippen LogP contribution < -0.4 is 4.74 Å². The van der Waals surface area contributed by atoms with Gasteiger partial charge in [0.05, 0.1) is 5.52 Å². The Kier molecular flexibility index (Phi) is 4.63. The van der Waals surface area contributed by atoms with Crippen LogP contribution in [0.5, 0.6) is 5.75 Å². The number of piperidine rings is 3. The van der Waals surface area contributed by atoms with E-state index in [0.717, 1.165) is 49.1 Å². The molecule has 2 aromatic carbocycles. The van der Waals surface area contributed by atoms with E-state index in [4.69, 9.17) is 4.74 Å². The molecular weight excluding hydrogens is 351 g/mol. The second-order valence-corrected chi connectivity index (χ2v) is 7.15. The van der Waals surface area contributed by atoms with Crippen molar-refractivity contribution in [3.05, 3.63) is 53.9 Å². The lowest BCUT2D eigenvalue weighted by atomic mass is 9.83. The third kappa shape index (κ3) is 2.97. The summed E-state index contributed by atoms with van der Waals surface area (Å²) in [5.41, 5.74) is 3.09. The molecule has 1 aromatic heterocycles. The van der Waals surface area contributed by atoms with E-state index in [0.29, 0.717) is 11.7 Å². The standard InChI is InChI=1S/C21H21FN2O.ClH/c22-19(18-12-24-9-7-14(18)8-10-24)13-25-15-5-6-17-16-3-1-2-4-20(16)23-21(17)11-15;/h1-6,11,14,23H,7-10,12-13H2;1H. The summed E-state index contributed by atoms with van der Waals surface area (Å²) in [6.07, 6.45) is 2.17. The molecule has 3 aliphatic heterocycles. The number of hydrogen-bond donors (Lipinski definition) is 1. The first-order chi connectivity index (χ1) is 12.3. The Morgan fingerprint density at radius 2 is 1.85 bits per heavy atom. The van der Waals surface area contributed by atoms with E-state index in [2.05, 4.69) is 22.0 Å². The van der Waals surface area contributed by atoms with Crippen molar-refractivity contribution < 1.29 is 9.13 Å². The van der Waals surface area contributed by atoms with Crippen molar-refractivity contribution in [2.24, 2.45) is 5.92 Å². The number of para-hydroxylation sites is 1. The van der Waals surface area contributed by atoms with Gasteiger partial charge < -0.3 is 9.72 Å². The molecule has 3 fully saturated rings. The third-order valence-corrected chi connectivity index (χ3v) is 5.67. The molecular formula is C21H22ClFN2O. The molecule has 3 nitrogen and oxygen atoms in total. The summed E-state index contributed by atoms with van der Waals surface area (Å²) in [6, 6.07) is 14.2. The summed E-state index contributed by atoms with van der Waals surface area (Å²) in [7, 11) is 0. The monoisotopic (exact) mass is 372 g/mol. The highest BCUT2D eigenvalue weighted by Gasteiger charge is 2.31. The third-order valence-electron chi connectivity index (χ3n) is 5.67. The van der Waals surface area contributed by atoms with E-state index in [1.807, 2.05) is 30.3 Å². The van der Waals surface area contributed by atoms with Crippen LogP contribution in [-0.2, 0) is 0 Å². The summed E-state index contributed by atoms with van der Waals surface area (Å²) in [5, 5.41) is 2.36. The van der Waals surface area contributed by atoms with Crippen LogP contribution in [-0.4, -0.2) is 36.1 Å². The van der Waals surface area contributed by atoms with Gasteiger partial charge >= 0.3 is 0 Å². The summed E-state index contributed by atoms with van der Waals surface area (Å²) < 4.78 is 20.4. The van der Waals surface area contributed by atoms with Gasteiger partial charge in [-0.3, -0.25) is 4.90 Å². The van der Waals surface area contributed by atoms with Crippen molar-refractivity contribution >= 4 is 34.2 Å². The van der Waals surface area contributed by atoms with Gasteiger partial charge in [0.1, 0.15) is 18.2 Å². The van der Waals surface area contributed by atoms with Gasteiger partial charge in [0.15, 0.2) is 0 Å². The lowest BCUT2D eigenvalue weighted by Gasteiger charge is -2.41. The average molecular weight is 373 g/mol. The van der Waals surface area contributed by atoms with Crippen molar-refractivity contribution in [1.82, 2.24) is 9.88 Å². The molecule has 2 bridgehead atoms. The molecule has 26 heavy (non-hydrogen) atoms. The largest absolute Gasteiger partial charge is 0.486 e. The van der Waals surface area contributed by atoms with E-state index in [1.54, 1.807) is 0 Å². The predicted molar refractivity (Wildman–Crippen MR) is 106 cm³/mol. The molecule has 5 heteroatoms. The minimum absolute atomic E-state index is 0. The van der Waals surface area contributed by atoms with Gasteiger partial charge in [0.25, 0.3) is 0 Å². The predicted octanol–water partition coefficient (Wildman–Crippen LogP) is 5.07. The van der Waals surface area contributed by atoms with Gasteiger partial charge in [-0.2, -0.15) is 0 Å². The first kappa shape index (κ1) is 17.4. The van der Waals surface area contributed by atoms with Crippen LogP contribution in [0.3, 0.4) is 0 Å². The molecule has 0 saturated carbocycles. The van der Waals surface area contributed by atoms with Crippen LogP contribution in [0.4, 0.5) is 4.39 Å². The molecule has 0 atom stereocenters. The maximum absolute atomic E-state index is 14.6. The topological polar surface area (TPSA) is 28.3 Å². The highest BCUT2D eigenvalue weighted by molar-refractivity contribution is 6.07. The molecule has 3 aliphatic rings. The van der Waals surface area contributed by atoms with Crippen LogP contribution in [0.1, 0.15) is 12.8 Å². The minimum atomic E-state index is -0.0776. The van der Waals surface area contributed by atoms with Crippen LogP contribution in [0.2, 0.25) is 0 Å². The molecule has 3 saturated heterocycles. The second-order valence-electron chi connectivity index (χ2n) is 7.15. The molecule has 0 aliphatic carbocycles. The van der Waals surface area contributed by atoms with Crippen molar-refractivity contribution in [3.63, 3.8) is 0 Å². The second kappa shape index (κ2) is 6.93. The molecule has 136 valence electrons. The highest BCUT2D eigenvalue weighted by atomic mass is 35.5. The first-order valence-electron chi connectivity index (χ1n) is 9.01. The lowest BCUT2D eigenvalue weighted by molar-refractivity contribution is 0.154. The van der Waals surface area contributed by atoms with Gasteiger partial charge in [-0.1, -0.05) is 18.2 Å². The van der Waals surface area contributed by atoms with Gasteiger partial charge in [0.2, 0.25) is 0 Å². The number of nitrogens with zero attached hydrogens (tertiary/aromatic N) is 1. The number of H-pyrrole nitrogens is 1. The van der Waals surface area contributed by atoms with Gasteiger partial charge in [-0.05, 0) is 55.6 Å². The van der Waals surface area contributed by atoms with Crippen LogP contribution >= 0.6 is 12.4 Å². The molecule has 6 rings (SSSR count). The highest BCUT2D eigenvalue weighted by Crippen LogP contribution is 2.34.